The van der Waals surface area contributed by atoms with Crippen LogP contribution in [-0.4, -0.2) is 12.0 Å². The molecular formula is C15H14Br2N2O2. The quantitative estimate of drug-likeness (QED) is 0.738. The van der Waals surface area contributed by atoms with Gasteiger partial charge in [-0.25, -0.2) is 0 Å². The van der Waals surface area contributed by atoms with Crippen LogP contribution in [0.2, 0.25) is 0 Å². The fourth-order valence-corrected chi connectivity index (χ4v) is 2.80. The maximum atomic E-state index is 12.1. The minimum absolute atomic E-state index is 0.261. The highest BCUT2D eigenvalue weighted by atomic mass is 79.9. The Kier molecular flexibility index (Phi) is 5.25. The molecule has 0 fully saturated rings. The second-order valence-corrected chi connectivity index (χ2v) is 6.18. The zero-order chi connectivity index (χ0) is 15.4. The summed E-state index contributed by atoms with van der Waals surface area (Å²) in [6.45, 7) is 1.68. The number of nitrogens with one attached hydrogen (secondary N) is 1. The van der Waals surface area contributed by atoms with Gasteiger partial charge in [0.1, 0.15) is 5.75 Å². The highest BCUT2D eigenvalue weighted by Crippen LogP contribution is 2.29. The van der Waals surface area contributed by atoms with Gasteiger partial charge in [0.05, 0.1) is 15.8 Å². The van der Waals surface area contributed by atoms with Crippen LogP contribution in [0.15, 0.2) is 51.4 Å². The van der Waals surface area contributed by atoms with E-state index in [2.05, 4.69) is 37.2 Å². The normalized spacial score (nSPS) is 11.8. The summed E-state index contributed by atoms with van der Waals surface area (Å²) in [6, 6.07) is 12.6. The van der Waals surface area contributed by atoms with E-state index in [1.807, 2.05) is 24.3 Å². The predicted molar refractivity (Wildman–Crippen MR) is 91.4 cm³/mol. The van der Waals surface area contributed by atoms with Crippen LogP contribution in [0.4, 0.5) is 11.4 Å². The summed E-state index contributed by atoms with van der Waals surface area (Å²) in [5.74, 6) is 0.338. The lowest BCUT2D eigenvalue weighted by Gasteiger charge is -2.16. The molecule has 1 atom stereocenters. The number of carbonyl (C=O) groups is 1. The van der Waals surface area contributed by atoms with Gasteiger partial charge in [-0.05, 0) is 53.2 Å². The standard InChI is InChI=1S/C15H14Br2N2O2/c1-9(21-14-7-6-10(16)8-11(14)17)15(20)19-13-5-3-2-4-12(13)18/h2-9H,18H2,1H3,(H,19,20). The summed E-state index contributed by atoms with van der Waals surface area (Å²) in [7, 11) is 0. The minimum atomic E-state index is -0.651. The van der Waals surface area contributed by atoms with Crippen molar-refractivity contribution in [3.8, 4) is 5.75 Å². The van der Waals surface area contributed by atoms with Gasteiger partial charge < -0.3 is 15.8 Å². The van der Waals surface area contributed by atoms with Gasteiger partial charge in [0.25, 0.3) is 5.91 Å². The van der Waals surface area contributed by atoms with E-state index in [0.29, 0.717) is 17.1 Å². The van der Waals surface area contributed by atoms with Crippen molar-refractivity contribution >= 4 is 49.1 Å². The number of anilines is 2. The Balaban J connectivity index is 2.04. The van der Waals surface area contributed by atoms with Gasteiger partial charge in [0, 0.05) is 4.47 Å². The monoisotopic (exact) mass is 412 g/mol. The number of benzene rings is 2. The summed E-state index contributed by atoms with van der Waals surface area (Å²) < 4.78 is 7.35. The summed E-state index contributed by atoms with van der Waals surface area (Å²) in [5.41, 5.74) is 6.89. The summed E-state index contributed by atoms with van der Waals surface area (Å²) in [4.78, 5) is 12.1. The van der Waals surface area contributed by atoms with E-state index in [-0.39, 0.29) is 5.91 Å². The number of carbonyl (C=O) groups excluding carboxylic acids is 1. The van der Waals surface area contributed by atoms with E-state index < -0.39 is 6.10 Å². The first-order valence-electron chi connectivity index (χ1n) is 6.24. The number of hydrogen-bond acceptors (Lipinski definition) is 3. The fourth-order valence-electron chi connectivity index (χ4n) is 1.66. The van der Waals surface area contributed by atoms with E-state index in [1.54, 1.807) is 25.1 Å². The largest absolute Gasteiger partial charge is 0.480 e. The van der Waals surface area contributed by atoms with Gasteiger partial charge in [-0.2, -0.15) is 0 Å². The number of para-hydroxylation sites is 2. The number of halogens is 2. The molecule has 0 aromatic heterocycles. The molecule has 110 valence electrons. The Bertz CT molecular complexity index is 662. The second-order valence-electron chi connectivity index (χ2n) is 4.41. The summed E-state index contributed by atoms with van der Waals surface area (Å²) >= 11 is 6.76. The Morgan fingerprint density at radius 2 is 1.95 bits per heavy atom. The molecule has 1 amide bonds. The van der Waals surface area contributed by atoms with Gasteiger partial charge in [0.2, 0.25) is 0 Å². The molecule has 0 bridgehead atoms. The number of rotatable bonds is 4. The minimum Gasteiger partial charge on any atom is -0.480 e. The summed E-state index contributed by atoms with van der Waals surface area (Å²) in [6.07, 6.45) is -0.651. The topological polar surface area (TPSA) is 64.3 Å². The summed E-state index contributed by atoms with van der Waals surface area (Å²) in [5, 5.41) is 2.75. The molecule has 0 aliphatic carbocycles. The van der Waals surface area contributed by atoms with Gasteiger partial charge in [-0.1, -0.05) is 28.1 Å². The second kappa shape index (κ2) is 6.95. The molecule has 6 heteroatoms. The molecule has 0 saturated carbocycles. The lowest BCUT2D eigenvalue weighted by molar-refractivity contribution is -0.122. The number of amides is 1. The van der Waals surface area contributed by atoms with Crippen molar-refractivity contribution in [2.24, 2.45) is 0 Å². The molecule has 2 rings (SSSR count). The fraction of sp³-hybridized carbons (Fsp3) is 0.133. The molecule has 2 aromatic rings. The van der Waals surface area contributed by atoms with Crippen molar-refractivity contribution in [2.45, 2.75) is 13.0 Å². The Hall–Kier alpha value is -1.53. The highest BCUT2D eigenvalue weighted by Gasteiger charge is 2.17. The SMILES string of the molecule is CC(Oc1ccc(Br)cc1Br)C(=O)Nc1ccccc1N. The van der Waals surface area contributed by atoms with E-state index in [1.165, 1.54) is 0 Å². The molecule has 0 spiro atoms. The predicted octanol–water partition coefficient (Wildman–Crippen LogP) is 4.20. The molecule has 0 radical (unpaired) electrons. The number of ether oxygens (including phenoxy) is 1. The first-order chi connectivity index (χ1) is 9.97. The third kappa shape index (κ3) is 4.22. The Morgan fingerprint density at radius 1 is 1.24 bits per heavy atom. The van der Waals surface area contributed by atoms with Gasteiger partial charge in [0.15, 0.2) is 6.10 Å². The molecule has 21 heavy (non-hydrogen) atoms. The van der Waals surface area contributed by atoms with Crippen LogP contribution in [0.1, 0.15) is 6.92 Å². The Morgan fingerprint density at radius 3 is 2.62 bits per heavy atom. The molecule has 0 aliphatic rings. The van der Waals surface area contributed by atoms with Crippen molar-refractivity contribution in [3.63, 3.8) is 0 Å². The third-order valence-electron chi connectivity index (χ3n) is 2.79. The lowest BCUT2D eigenvalue weighted by Crippen LogP contribution is -2.30. The van der Waals surface area contributed by atoms with Gasteiger partial charge >= 0.3 is 0 Å². The van der Waals surface area contributed by atoms with E-state index in [9.17, 15) is 4.79 Å². The molecule has 3 N–H and O–H groups in total. The first kappa shape index (κ1) is 15.9. The molecular weight excluding hydrogens is 400 g/mol. The molecule has 0 aliphatic heterocycles. The van der Waals surface area contributed by atoms with Crippen LogP contribution in [0, 0.1) is 0 Å². The van der Waals surface area contributed by atoms with E-state index in [4.69, 9.17) is 10.5 Å². The number of hydrogen-bond donors (Lipinski definition) is 2. The van der Waals surface area contributed by atoms with Crippen molar-refractivity contribution in [1.82, 2.24) is 0 Å². The van der Waals surface area contributed by atoms with Crippen LogP contribution >= 0.6 is 31.9 Å². The van der Waals surface area contributed by atoms with Crippen molar-refractivity contribution < 1.29 is 9.53 Å². The molecule has 0 heterocycles. The van der Waals surface area contributed by atoms with Crippen LogP contribution < -0.4 is 15.8 Å². The van der Waals surface area contributed by atoms with Gasteiger partial charge in [-0.3, -0.25) is 4.79 Å². The zero-order valence-corrected chi connectivity index (χ0v) is 14.4. The number of nitrogens with two attached hydrogens (primary N) is 1. The van der Waals surface area contributed by atoms with Crippen molar-refractivity contribution in [3.05, 3.63) is 51.4 Å². The van der Waals surface area contributed by atoms with Crippen molar-refractivity contribution in [1.29, 1.82) is 0 Å². The van der Waals surface area contributed by atoms with E-state index in [0.717, 1.165) is 8.95 Å². The smallest absolute Gasteiger partial charge is 0.265 e. The molecule has 4 nitrogen and oxygen atoms in total. The maximum Gasteiger partial charge on any atom is 0.265 e. The lowest BCUT2D eigenvalue weighted by atomic mass is 10.2. The average Bonchev–Trinajstić information content (AvgIpc) is 2.44. The maximum absolute atomic E-state index is 12.1. The van der Waals surface area contributed by atoms with Crippen molar-refractivity contribution in [2.75, 3.05) is 11.1 Å². The third-order valence-corrected chi connectivity index (χ3v) is 3.90. The first-order valence-corrected chi connectivity index (χ1v) is 7.83. The molecule has 2 aromatic carbocycles. The van der Waals surface area contributed by atoms with Crippen LogP contribution in [0.3, 0.4) is 0 Å². The molecule has 1 unspecified atom stereocenters. The van der Waals surface area contributed by atoms with Crippen LogP contribution in [-0.2, 0) is 4.79 Å². The van der Waals surface area contributed by atoms with Gasteiger partial charge in [-0.15, -0.1) is 0 Å². The van der Waals surface area contributed by atoms with Crippen LogP contribution in [0.25, 0.3) is 0 Å². The molecule has 0 saturated heterocycles. The Labute approximate surface area is 139 Å². The van der Waals surface area contributed by atoms with Crippen LogP contribution in [0.5, 0.6) is 5.75 Å². The zero-order valence-electron chi connectivity index (χ0n) is 11.3. The highest BCUT2D eigenvalue weighted by molar-refractivity contribution is 9.11. The van der Waals surface area contributed by atoms with E-state index >= 15 is 0 Å². The number of nitrogen functional groups attached to an aromatic ring is 1. The average molecular weight is 414 g/mol.